The number of aryl methyl sites for hydroxylation is 1. The Labute approximate surface area is 176 Å². The van der Waals surface area contributed by atoms with Crippen molar-refractivity contribution in [2.45, 2.75) is 13.3 Å². The van der Waals surface area contributed by atoms with Crippen molar-refractivity contribution in [1.82, 2.24) is 4.98 Å². The summed E-state index contributed by atoms with van der Waals surface area (Å²) in [6, 6.07) is 20.5. The van der Waals surface area contributed by atoms with Crippen molar-refractivity contribution in [3.63, 3.8) is 0 Å². The Bertz CT molecular complexity index is 1200. The summed E-state index contributed by atoms with van der Waals surface area (Å²) in [5, 5.41) is 13.9. The van der Waals surface area contributed by atoms with Crippen LogP contribution in [0.5, 0.6) is 0 Å². The fraction of sp³-hybridized carbons (Fsp3) is 0.0909. The maximum absolute atomic E-state index is 12.4. The minimum absolute atomic E-state index is 0.140. The van der Waals surface area contributed by atoms with Gasteiger partial charge in [-0.2, -0.15) is 0 Å². The largest absolute Gasteiger partial charge is 0.433 e. The van der Waals surface area contributed by atoms with Crippen molar-refractivity contribution in [3.05, 3.63) is 98.6 Å². The van der Waals surface area contributed by atoms with E-state index in [2.05, 4.69) is 10.3 Å². The van der Waals surface area contributed by atoms with Crippen LogP contribution in [0.3, 0.4) is 0 Å². The summed E-state index contributed by atoms with van der Waals surface area (Å²) in [6.45, 7) is 2.02. The molecule has 0 aliphatic rings. The summed E-state index contributed by atoms with van der Waals surface area (Å²) in [5.41, 5.74) is 4.03. The molecule has 4 rings (SSSR count). The standard InChI is InChI=1S/C22H17N3O4S/c1-14-7-9-16(10-8-14)20-18(13-15-5-3-2-4-6-15)30-22(23-20)24-21(26)17-11-12-19(29-17)25(27)28/h2-12H,13H2,1H3,(H,23,24,26). The van der Waals surface area contributed by atoms with Crippen LogP contribution in [0.15, 0.2) is 71.1 Å². The molecule has 7 nitrogen and oxygen atoms in total. The lowest BCUT2D eigenvalue weighted by Crippen LogP contribution is -2.10. The Kier molecular flexibility index (Phi) is 5.40. The summed E-state index contributed by atoms with van der Waals surface area (Å²) in [5.74, 6) is -1.21. The summed E-state index contributed by atoms with van der Waals surface area (Å²) in [6.07, 6.45) is 0.670. The highest BCUT2D eigenvalue weighted by atomic mass is 32.1. The molecule has 8 heteroatoms. The van der Waals surface area contributed by atoms with E-state index in [4.69, 9.17) is 4.42 Å². The van der Waals surface area contributed by atoms with Crippen molar-refractivity contribution in [1.29, 1.82) is 0 Å². The first-order chi connectivity index (χ1) is 14.5. The lowest BCUT2D eigenvalue weighted by atomic mass is 10.1. The Morgan fingerprint density at radius 1 is 1.10 bits per heavy atom. The molecule has 0 radical (unpaired) electrons. The molecule has 0 bridgehead atoms. The molecule has 4 aromatic rings. The molecule has 2 aromatic carbocycles. The molecule has 150 valence electrons. The van der Waals surface area contributed by atoms with E-state index in [0.29, 0.717) is 11.6 Å². The van der Waals surface area contributed by atoms with E-state index in [0.717, 1.165) is 33.3 Å². The van der Waals surface area contributed by atoms with Crippen LogP contribution in [0.1, 0.15) is 26.6 Å². The Balaban J connectivity index is 1.64. The average molecular weight is 419 g/mol. The number of nitrogens with zero attached hydrogens (tertiary/aromatic N) is 2. The normalized spacial score (nSPS) is 10.7. The number of thiazole rings is 1. The van der Waals surface area contributed by atoms with E-state index >= 15 is 0 Å². The van der Waals surface area contributed by atoms with E-state index in [-0.39, 0.29) is 5.76 Å². The fourth-order valence-corrected chi connectivity index (χ4v) is 3.96. The third-order valence-electron chi connectivity index (χ3n) is 4.45. The SMILES string of the molecule is Cc1ccc(-c2nc(NC(=O)c3ccc([N+](=O)[O-])o3)sc2Cc2ccccc2)cc1. The van der Waals surface area contributed by atoms with Crippen molar-refractivity contribution in [2.75, 3.05) is 5.32 Å². The summed E-state index contributed by atoms with van der Waals surface area (Å²) >= 11 is 1.37. The molecule has 1 amide bonds. The van der Waals surface area contributed by atoms with Gasteiger partial charge in [0.15, 0.2) is 10.9 Å². The zero-order valence-electron chi connectivity index (χ0n) is 16.0. The van der Waals surface area contributed by atoms with Gasteiger partial charge in [-0.05, 0) is 18.6 Å². The number of furan rings is 1. The predicted octanol–water partition coefficient (Wildman–Crippen LogP) is 5.46. The average Bonchev–Trinajstić information content (AvgIpc) is 3.37. The fourth-order valence-electron chi connectivity index (χ4n) is 2.95. The number of hydrogen-bond donors (Lipinski definition) is 1. The number of nitrogens with one attached hydrogen (secondary N) is 1. The first kappa shape index (κ1) is 19.5. The number of rotatable bonds is 6. The van der Waals surface area contributed by atoms with Crippen molar-refractivity contribution in [3.8, 4) is 11.3 Å². The number of nitro groups is 1. The first-order valence-electron chi connectivity index (χ1n) is 9.16. The molecule has 1 N–H and O–H groups in total. The molecule has 0 unspecified atom stereocenters. The van der Waals surface area contributed by atoms with Gasteiger partial charge < -0.3 is 4.42 Å². The van der Waals surface area contributed by atoms with Gasteiger partial charge in [-0.15, -0.1) is 11.3 Å². The molecule has 0 fully saturated rings. The van der Waals surface area contributed by atoms with Crippen molar-refractivity contribution < 1.29 is 14.1 Å². The van der Waals surface area contributed by atoms with Crippen LogP contribution in [-0.4, -0.2) is 15.8 Å². The smallest absolute Gasteiger partial charge is 0.395 e. The molecule has 2 aromatic heterocycles. The van der Waals surface area contributed by atoms with Crippen LogP contribution in [0.25, 0.3) is 11.3 Å². The van der Waals surface area contributed by atoms with E-state index in [1.54, 1.807) is 0 Å². The highest BCUT2D eigenvalue weighted by Crippen LogP contribution is 2.33. The highest BCUT2D eigenvalue weighted by molar-refractivity contribution is 7.16. The molecule has 0 spiro atoms. The number of carbonyl (C=O) groups excluding carboxylic acids is 1. The number of aromatic nitrogens is 1. The zero-order chi connectivity index (χ0) is 21.1. The highest BCUT2D eigenvalue weighted by Gasteiger charge is 2.20. The van der Waals surface area contributed by atoms with Gasteiger partial charge >= 0.3 is 5.88 Å². The predicted molar refractivity (Wildman–Crippen MR) is 115 cm³/mol. The van der Waals surface area contributed by atoms with E-state index in [1.165, 1.54) is 17.4 Å². The quantitative estimate of drug-likeness (QED) is 0.330. The Morgan fingerprint density at radius 3 is 2.50 bits per heavy atom. The van der Waals surface area contributed by atoms with Crippen LogP contribution in [0.2, 0.25) is 0 Å². The lowest BCUT2D eigenvalue weighted by molar-refractivity contribution is -0.402. The number of anilines is 1. The van der Waals surface area contributed by atoms with Crippen LogP contribution < -0.4 is 5.32 Å². The lowest BCUT2D eigenvalue weighted by Gasteiger charge is -2.03. The topological polar surface area (TPSA) is 98.3 Å². The molecular formula is C22H17N3O4S. The zero-order valence-corrected chi connectivity index (χ0v) is 16.8. The monoisotopic (exact) mass is 419 g/mol. The second-order valence-electron chi connectivity index (χ2n) is 6.67. The maximum Gasteiger partial charge on any atom is 0.433 e. The van der Waals surface area contributed by atoms with Gasteiger partial charge in [-0.3, -0.25) is 20.2 Å². The summed E-state index contributed by atoms with van der Waals surface area (Å²) < 4.78 is 4.98. The van der Waals surface area contributed by atoms with Gasteiger partial charge in [0.1, 0.15) is 4.92 Å². The number of hydrogen-bond acceptors (Lipinski definition) is 6. The first-order valence-corrected chi connectivity index (χ1v) is 9.97. The molecular weight excluding hydrogens is 402 g/mol. The second kappa shape index (κ2) is 8.30. The number of benzene rings is 2. The Morgan fingerprint density at radius 2 is 1.83 bits per heavy atom. The van der Waals surface area contributed by atoms with Crippen molar-refractivity contribution >= 4 is 28.3 Å². The summed E-state index contributed by atoms with van der Waals surface area (Å²) in [7, 11) is 0. The van der Waals surface area contributed by atoms with Gasteiger partial charge in [0, 0.05) is 16.9 Å². The number of amides is 1. The van der Waals surface area contributed by atoms with Crippen molar-refractivity contribution in [2.24, 2.45) is 0 Å². The van der Waals surface area contributed by atoms with Crippen LogP contribution in [0, 0.1) is 17.0 Å². The minimum atomic E-state index is -0.687. The van der Waals surface area contributed by atoms with Gasteiger partial charge in [0.05, 0.1) is 11.8 Å². The molecule has 0 saturated carbocycles. The maximum atomic E-state index is 12.4. The van der Waals surface area contributed by atoms with E-state index < -0.39 is 16.7 Å². The summed E-state index contributed by atoms with van der Waals surface area (Å²) in [4.78, 5) is 28.2. The second-order valence-corrected chi connectivity index (χ2v) is 7.75. The van der Waals surface area contributed by atoms with Gasteiger partial charge in [-0.1, -0.05) is 60.2 Å². The molecule has 0 atom stereocenters. The Hall–Kier alpha value is -3.78. The van der Waals surface area contributed by atoms with Crippen LogP contribution >= 0.6 is 11.3 Å². The van der Waals surface area contributed by atoms with Crippen LogP contribution in [-0.2, 0) is 6.42 Å². The van der Waals surface area contributed by atoms with Gasteiger partial charge in [-0.25, -0.2) is 4.98 Å². The molecule has 0 aliphatic heterocycles. The third kappa shape index (κ3) is 4.28. The third-order valence-corrected chi connectivity index (χ3v) is 5.42. The molecule has 30 heavy (non-hydrogen) atoms. The molecule has 2 heterocycles. The van der Waals surface area contributed by atoms with Gasteiger partial charge in [0.2, 0.25) is 0 Å². The molecule has 0 aliphatic carbocycles. The van der Waals surface area contributed by atoms with E-state index in [9.17, 15) is 14.9 Å². The number of carbonyl (C=O) groups is 1. The minimum Gasteiger partial charge on any atom is -0.395 e. The van der Waals surface area contributed by atoms with E-state index in [1.807, 2.05) is 61.5 Å². The van der Waals surface area contributed by atoms with Gasteiger partial charge in [0.25, 0.3) is 5.91 Å². The molecule has 0 saturated heterocycles. The van der Waals surface area contributed by atoms with Crippen LogP contribution in [0.4, 0.5) is 11.0 Å².